The summed E-state index contributed by atoms with van der Waals surface area (Å²) in [5, 5.41) is 4.51. The van der Waals surface area contributed by atoms with E-state index in [1.807, 2.05) is 11.6 Å². The highest BCUT2D eigenvalue weighted by Gasteiger charge is 2.20. The van der Waals surface area contributed by atoms with Gasteiger partial charge in [-0.1, -0.05) is 13.0 Å². The average Bonchev–Trinajstić information content (AvgIpc) is 2.90. The van der Waals surface area contributed by atoms with E-state index in [-0.39, 0.29) is 4.90 Å². The molecule has 0 fully saturated rings. The summed E-state index contributed by atoms with van der Waals surface area (Å²) in [6.45, 7) is 3.25. The lowest BCUT2D eigenvalue weighted by molar-refractivity contribution is 0.583. The van der Waals surface area contributed by atoms with Crippen LogP contribution in [0.25, 0.3) is 0 Å². The van der Waals surface area contributed by atoms with Gasteiger partial charge in [0.05, 0.1) is 4.90 Å². The number of halogens is 2. The molecular weight excluding hydrogens is 318 g/mol. The molecule has 2 N–H and O–H groups in total. The monoisotopic (exact) mass is 332 g/mol. The van der Waals surface area contributed by atoms with Gasteiger partial charge >= 0.3 is 0 Å². The number of rotatable bonds is 6. The molecule has 2 aromatic rings. The van der Waals surface area contributed by atoms with Gasteiger partial charge in [0.15, 0.2) is 0 Å². The second-order valence-electron chi connectivity index (χ2n) is 4.23. The van der Waals surface area contributed by atoms with Gasteiger partial charge in [0.1, 0.15) is 17.3 Å². The van der Waals surface area contributed by atoms with Crippen LogP contribution in [0, 0.1) is 11.6 Å². The first-order chi connectivity index (χ1) is 9.94. The zero-order valence-corrected chi connectivity index (χ0v) is 12.8. The maximum atomic E-state index is 13.5. The maximum absolute atomic E-state index is 13.5. The number of anilines is 1. The molecule has 0 unspecified atom stereocenters. The number of sulfonamides is 1. The van der Waals surface area contributed by atoms with Crippen LogP contribution in [0.3, 0.4) is 0 Å². The molecule has 0 amide bonds. The van der Waals surface area contributed by atoms with Crippen molar-refractivity contribution in [1.29, 1.82) is 0 Å². The molecule has 2 rings (SSSR count). The van der Waals surface area contributed by atoms with E-state index in [1.165, 1.54) is 28.8 Å². The molecule has 21 heavy (non-hydrogen) atoms. The van der Waals surface area contributed by atoms with Gasteiger partial charge in [-0.3, -0.25) is 4.72 Å². The van der Waals surface area contributed by atoms with Crippen molar-refractivity contribution in [3.8, 4) is 0 Å². The first kappa shape index (κ1) is 15.9. The quantitative estimate of drug-likeness (QED) is 0.855. The second kappa shape index (κ2) is 6.50. The lowest BCUT2D eigenvalue weighted by atomic mass is 10.3. The highest BCUT2D eigenvalue weighted by atomic mass is 32.2. The van der Waals surface area contributed by atoms with Crippen LogP contribution in [0.1, 0.15) is 11.8 Å². The summed E-state index contributed by atoms with van der Waals surface area (Å²) in [5.41, 5.74) is -0.670. The maximum Gasteiger partial charge on any atom is 0.262 e. The zero-order valence-electron chi connectivity index (χ0n) is 11.2. The summed E-state index contributed by atoms with van der Waals surface area (Å²) < 4.78 is 53.2. The van der Waals surface area contributed by atoms with Crippen molar-refractivity contribution in [2.45, 2.75) is 18.4 Å². The molecular formula is C13H14F2N2O2S2. The minimum Gasteiger partial charge on any atom is -0.312 e. The summed E-state index contributed by atoms with van der Waals surface area (Å²) in [6.07, 6.45) is 0. The predicted molar refractivity (Wildman–Crippen MR) is 78.9 cm³/mol. The van der Waals surface area contributed by atoms with E-state index < -0.39 is 27.3 Å². The fraction of sp³-hybridized carbons (Fsp3) is 0.231. The third kappa shape index (κ3) is 3.78. The molecule has 0 spiro atoms. The standard InChI is InChI=1S/C13H14F2N2O2S2/c1-2-16-7-9-6-10(8-20-9)21(18,19)17-13-11(14)4-3-5-12(13)15/h3-6,8,16-17H,2,7H2,1H3. The van der Waals surface area contributed by atoms with Crippen LogP contribution in [0.2, 0.25) is 0 Å². The molecule has 8 heteroatoms. The molecule has 0 atom stereocenters. The molecule has 114 valence electrons. The Morgan fingerprint density at radius 3 is 2.52 bits per heavy atom. The van der Waals surface area contributed by atoms with Gasteiger partial charge in [-0.2, -0.15) is 0 Å². The van der Waals surface area contributed by atoms with E-state index >= 15 is 0 Å². The van der Waals surface area contributed by atoms with Crippen LogP contribution in [0.5, 0.6) is 0 Å². The molecule has 0 saturated heterocycles. The molecule has 0 bridgehead atoms. The fourth-order valence-corrected chi connectivity index (χ4v) is 3.95. The highest BCUT2D eigenvalue weighted by Crippen LogP contribution is 2.25. The van der Waals surface area contributed by atoms with Crippen LogP contribution in [-0.4, -0.2) is 15.0 Å². The van der Waals surface area contributed by atoms with Crippen molar-refractivity contribution >= 4 is 27.0 Å². The van der Waals surface area contributed by atoms with Crippen molar-refractivity contribution in [2.75, 3.05) is 11.3 Å². The van der Waals surface area contributed by atoms with Gasteiger partial charge in [-0.15, -0.1) is 11.3 Å². The lowest BCUT2D eigenvalue weighted by Crippen LogP contribution is -2.15. The van der Waals surface area contributed by atoms with E-state index in [9.17, 15) is 17.2 Å². The topological polar surface area (TPSA) is 58.2 Å². The smallest absolute Gasteiger partial charge is 0.262 e. The Kier molecular flexibility index (Phi) is 4.92. The first-order valence-electron chi connectivity index (χ1n) is 6.19. The van der Waals surface area contributed by atoms with E-state index in [0.717, 1.165) is 23.6 Å². The van der Waals surface area contributed by atoms with Crippen LogP contribution < -0.4 is 10.0 Å². The molecule has 0 radical (unpaired) electrons. The summed E-state index contributed by atoms with van der Waals surface area (Å²) in [6, 6.07) is 4.63. The highest BCUT2D eigenvalue weighted by molar-refractivity contribution is 7.92. The third-order valence-corrected chi connectivity index (χ3v) is 5.10. The number of benzene rings is 1. The molecule has 1 heterocycles. The molecule has 0 aliphatic carbocycles. The molecule has 1 aromatic heterocycles. The largest absolute Gasteiger partial charge is 0.312 e. The summed E-state index contributed by atoms with van der Waals surface area (Å²) in [4.78, 5) is 0.814. The van der Waals surface area contributed by atoms with E-state index in [0.29, 0.717) is 6.54 Å². The van der Waals surface area contributed by atoms with Crippen molar-refractivity contribution in [3.63, 3.8) is 0 Å². The van der Waals surface area contributed by atoms with Gasteiger partial charge in [-0.05, 0) is 24.7 Å². The van der Waals surface area contributed by atoms with Gasteiger partial charge in [0.25, 0.3) is 10.0 Å². The first-order valence-corrected chi connectivity index (χ1v) is 8.55. The van der Waals surface area contributed by atoms with Crippen molar-refractivity contribution in [3.05, 3.63) is 46.2 Å². The Hall–Kier alpha value is -1.51. The van der Waals surface area contributed by atoms with Gasteiger partial charge in [0, 0.05) is 16.8 Å². The van der Waals surface area contributed by atoms with Crippen LogP contribution in [-0.2, 0) is 16.6 Å². The minimum atomic E-state index is -4.01. The van der Waals surface area contributed by atoms with Gasteiger partial charge < -0.3 is 5.32 Å². The number of para-hydroxylation sites is 1. The SMILES string of the molecule is CCNCc1cc(S(=O)(=O)Nc2c(F)cccc2F)cs1. The lowest BCUT2D eigenvalue weighted by Gasteiger charge is -2.08. The van der Waals surface area contributed by atoms with E-state index in [2.05, 4.69) is 5.32 Å². The Morgan fingerprint density at radius 2 is 1.90 bits per heavy atom. The summed E-state index contributed by atoms with van der Waals surface area (Å²) >= 11 is 1.27. The Labute approximate surface area is 125 Å². The fourth-order valence-electron chi connectivity index (χ4n) is 1.63. The van der Waals surface area contributed by atoms with E-state index in [1.54, 1.807) is 0 Å². The van der Waals surface area contributed by atoms with Gasteiger partial charge in [0.2, 0.25) is 0 Å². The Balaban J connectivity index is 2.24. The second-order valence-corrected chi connectivity index (χ2v) is 6.91. The minimum absolute atomic E-state index is 0.0111. The van der Waals surface area contributed by atoms with E-state index in [4.69, 9.17) is 0 Å². The van der Waals surface area contributed by atoms with Gasteiger partial charge in [-0.25, -0.2) is 17.2 Å². The van der Waals surface area contributed by atoms with Crippen LogP contribution in [0.15, 0.2) is 34.5 Å². The average molecular weight is 332 g/mol. The predicted octanol–water partition coefficient (Wildman–Crippen LogP) is 2.94. The number of nitrogens with one attached hydrogen (secondary N) is 2. The number of hydrogen-bond donors (Lipinski definition) is 2. The zero-order chi connectivity index (χ0) is 15.5. The summed E-state index contributed by atoms with van der Waals surface area (Å²) in [7, 11) is -4.01. The number of thiophene rings is 1. The molecule has 4 nitrogen and oxygen atoms in total. The Bertz CT molecular complexity index is 709. The number of hydrogen-bond acceptors (Lipinski definition) is 4. The van der Waals surface area contributed by atoms with Crippen molar-refractivity contribution in [1.82, 2.24) is 5.32 Å². The molecule has 0 aliphatic heterocycles. The molecule has 1 aromatic carbocycles. The summed E-state index contributed by atoms with van der Waals surface area (Å²) in [5.74, 6) is -1.91. The Morgan fingerprint density at radius 1 is 1.24 bits per heavy atom. The van der Waals surface area contributed by atoms with Crippen molar-refractivity contribution < 1.29 is 17.2 Å². The van der Waals surface area contributed by atoms with Crippen molar-refractivity contribution in [2.24, 2.45) is 0 Å². The van der Waals surface area contributed by atoms with Crippen LogP contribution >= 0.6 is 11.3 Å². The molecule has 0 saturated carbocycles. The third-order valence-electron chi connectivity index (χ3n) is 2.69. The normalized spacial score (nSPS) is 11.6. The molecule has 0 aliphatic rings. The van der Waals surface area contributed by atoms with Crippen LogP contribution in [0.4, 0.5) is 14.5 Å².